The zero-order valence-corrected chi connectivity index (χ0v) is 16.7. The van der Waals surface area contributed by atoms with Gasteiger partial charge in [-0.2, -0.15) is 13.2 Å². The highest BCUT2D eigenvalue weighted by molar-refractivity contribution is 6.08. The third-order valence-corrected chi connectivity index (χ3v) is 4.48. The van der Waals surface area contributed by atoms with E-state index in [-0.39, 0.29) is 11.3 Å². The molecule has 1 aromatic heterocycles. The molecule has 0 fully saturated rings. The summed E-state index contributed by atoms with van der Waals surface area (Å²) in [6, 6.07) is 10.5. The Morgan fingerprint density at radius 3 is 2.29 bits per heavy atom. The van der Waals surface area contributed by atoms with Crippen molar-refractivity contribution in [2.45, 2.75) is 13.1 Å². The van der Waals surface area contributed by atoms with E-state index in [1.807, 2.05) is 0 Å². The van der Waals surface area contributed by atoms with Crippen molar-refractivity contribution in [1.29, 1.82) is 0 Å². The number of nitrogens with one attached hydrogen (secondary N) is 3. The summed E-state index contributed by atoms with van der Waals surface area (Å²) in [6.07, 6.45) is -1.46. The molecule has 6 nitrogen and oxygen atoms in total. The number of anilines is 3. The Hall–Kier alpha value is -3.88. The fraction of sp³-hybridized carbons (Fsp3) is 0.136. The van der Waals surface area contributed by atoms with Crippen molar-refractivity contribution in [2.24, 2.45) is 0 Å². The minimum absolute atomic E-state index is 0.142. The van der Waals surface area contributed by atoms with E-state index in [0.717, 1.165) is 17.8 Å². The number of amides is 2. The van der Waals surface area contributed by atoms with Crippen molar-refractivity contribution in [3.05, 3.63) is 83.2 Å². The summed E-state index contributed by atoms with van der Waals surface area (Å²) < 4.78 is 38.7. The van der Waals surface area contributed by atoms with Crippen LogP contribution in [-0.4, -0.2) is 23.8 Å². The largest absolute Gasteiger partial charge is 0.416 e. The summed E-state index contributed by atoms with van der Waals surface area (Å²) >= 11 is 0. The van der Waals surface area contributed by atoms with Crippen LogP contribution in [0.5, 0.6) is 0 Å². The molecule has 0 saturated heterocycles. The van der Waals surface area contributed by atoms with Crippen LogP contribution in [0.25, 0.3) is 0 Å². The lowest BCUT2D eigenvalue weighted by Gasteiger charge is -2.12. The van der Waals surface area contributed by atoms with E-state index in [2.05, 4.69) is 20.9 Å². The molecular formula is C22H19F3N4O2. The number of nitrogens with zero attached hydrogens (tertiary/aromatic N) is 1. The molecule has 160 valence electrons. The van der Waals surface area contributed by atoms with Crippen LogP contribution in [0.3, 0.4) is 0 Å². The van der Waals surface area contributed by atoms with Gasteiger partial charge < -0.3 is 16.0 Å². The minimum atomic E-state index is -4.55. The molecule has 0 aliphatic heterocycles. The summed E-state index contributed by atoms with van der Waals surface area (Å²) in [5.74, 6) is -1.13. The Morgan fingerprint density at radius 2 is 1.58 bits per heavy atom. The number of aromatic nitrogens is 1. The van der Waals surface area contributed by atoms with E-state index in [1.54, 1.807) is 38.4 Å². The molecule has 3 N–H and O–H groups in total. The second kappa shape index (κ2) is 8.86. The Morgan fingerprint density at radius 1 is 0.871 bits per heavy atom. The molecule has 0 saturated carbocycles. The molecule has 0 aliphatic carbocycles. The van der Waals surface area contributed by atoms with Gasteiger partial charge in [0.1, 0.15) is 0 Å². The molecule has 9 heteroatoms. The quantitative estimate of drug-likeness (QED) is 0.537. The maximum atomic E-state index is 12.9. The predicted octanol–water partition coefficient (Wildman–Crippen LogP) is 4.96. The Kier molecular flexibility index (Phi) is 6.24. The third-order valence-electron chi connectivity index (χ3n) is 4.48. The van der Waals surface area contributed by atoms with Gasteiger partial charge in [-0.15, -0.1) is 0 Å². The Bertz CT molecular complexity index is 1130. The van der Waals surface area contributed by atoms with Gasteiger partial charge in [-0.3, -0.25) is 14.6 Å². The van der Waals surface area contributed by atoms with Gasteiger partial charge in [-0.25, -0.2) is 0 Å². The maximum absolute atomic E-state index is 12.9. The highest BCUT2D eigenvalue weighted by Gasteiger charge is 2.30. The number of halogens is 3. The lowest BCUT2D eigenvalue weighted by Crippen LogP contribution is -2.16. The first-order valence-corrected chi connectivity index (χ1v) is 9.21. The number of benzene rings is 2. The summed E-state index contributed by atoms with van der Waals surface area (Å²) in [7, 11) is 1.73. The molecular weight excluding hydrogens is 409 g/mol. The van der Waals surface area contributed by atoms with Gasteiger partial charge >= 0.3 is 6.18 Å². The van der Waals surface area contributed by atoms with Crippen LogP contribution < -0.4 is 16.0 Å². The monoisotopic (exact) mass is 428 g/mol. The van der Waals surface area contributed by atoms with Crippen LogP contribution in [0.4, 0.5) is 30.2 Å². The van der Waals surface area contributed by atoms with E-state index in [9.17, 15) is 22.8 Å². The number of alkyl halides is 3. The fourth-order valence-electron chi connectivity index (χ4n) is 2.83. The van der Waals surface area contributed by atoms with Crippen LogP contribution in [0.2, 0.25) is 0 Å². The molecule has 0 spiro atoms. The average Bonchev–Trinajstić information content (AvgIpc) is 2.74. The smallest absolute Gasteiger partial charge is 0.387 e. The first-order valence-electron chi connectivity index (χ1n) is 9.21. The van der Waals surface area contributed by atoms with Crippen LogP contribution in [0.1, 0.15) is 31.8 Å². The lowest BCUT2D eigenvalue weighted by molar-refractivity contribution is -0.137. The normalized spacial score (nSPS) is 11.0. The Labute approximate surface area is 176 Å². The molecule has 0 atom stereocenters. The number of rotatable bonds is 5. The fourth-order valence-corrected chi connectivity index (χ4v) is 2.83. The number of carbonyl (C=O) groups excluding carboxylic acids is 2. The summed E-state index contributed by atoms with van der Waals surface area (Å²) in [6.45, 7) is 1.73. The van der Waals surface area contributed by atoms with E-state index < -0.39 is 23.6 Å². The molecule has 0 aliphatic rings. The molecule has 0 unspecified atom stereocenters. The van der Waals surface area contributed by atoms with E-state index in [0.29, 0.717) is 16.8 Å². The maximum Gasteiger partial charge on any atom is 0.416 e. The number of aryl methyl sites for hydroxylation is 1. The molecule has 0 radical (unpaired) electrons. The molecule has 2 amide bonds. The third kappa shape index (κ3) is 5.39. The van der Waals surface area contributed by atoms with Crippen LogP contribution in [0.15, 0.2) is 60.9 Å². The molecule has 3 rings (SSSR count). The zero-order valence-electron chi connectivity index (χ0n) is 16.7. The van der Waals surface area contributed by atoms with Gasteiger partial charge in [0.2, 0.25) is 0 Å². The van der Waals surface area contributed by atoms with Gasteiger partial charge in [0.05, 0.1) is 29.3 Å². The zero-order chi connectivity index (χ0) is 22.6. The second-order valence-corrected chi connectivity index (χ2v) is 6.73. The molecule has 31 heavy (non-hydrogen) atoms. The van der Waals surface area contributed by atoms with Crippen molar-refractivity contribution >= 4 is 28.9 Å². The van der Waals surface area contributed by atoms with E-state index >= 15 is 0 Å². The molecule has 1 heterocycles. The van der Waals surface area contributed by atoms with Crippen molar-refractivity contribution in [3.63, 3.8) is 0 Å². The standard InChI is InChI=1S/C22H19F3N4O2/c1-13-6-7-16(28-20(30)14-4-3-5-15(8-14)22(23,24)25)10-19(13)21(31)29-18-9-17(26-2)11-27-12-18/h3-12,26H,1-2H3,(H,28,30)(H,29,31). The lowest BCUT2D eigenvalue weighted by atomic mass is 10.1. The van der Waals surface area contributed by atoms with Crippen LogP contribution >= 0.6 is 0 Å². The first kappa shape index (κ1) is 21.8. The van der Waals surface area contributed by atoms with Gasteiger partial charge in [-0.1, -0.05) is 12.1 Å². The van der Waals surface area contributed by atoms with E-state index in [4.69, 9.17) is 0 Å². The average molecular weight is 428 g/mol. The highest BCUT2D eigenvalue weighted by Crippen LogP contribution is 2.29. The summed E-state index contributed by atoms with van der Waals surface area (Å²) in [4.78, 5) is 29.2. The Balaban J connectivity index is 1.79. The topological polar surface area (TPSA) is 83.1 Å². The van der Waals surface area contributed by atoms with Gasteiger partial charge in [-0.05, 0) is 48.9 Å². The highest BCUT2D eigenvalue weighted by atomic mass is 19.4. The van der Waals surface area contributed by atoms with E-state index in [1.165, 1.54) is 24.4 Å². The second-order valence-electron chi connectivity index (χ2n) is 6.73. The molecule has 0 bridgehead atoms. The number of hydrogen-bond acceptors (Lipinski definition) is 4. The number of pyridine rings is 1. The van der Waals surface area contributed by atoms with Gasteiger partial charge in [0, 0.05) is 23.9 Å². The van der Waals surface area contributed by atoms with Gasteiger partial charge in [0.15, 0.2) is 0 Å². The minimum Gasteiger partial charge on any atom is -0.387 e. The first-order chi connectivity index (χ1) is 14.7. The summed E-state index contributed by atoms with van der Waals surface area (Å²) in [5.41, 5.74) is 1.38. The summed E-state index contributed by atoms with van der Waals surface area (Å²) in [5, 5.41) is 8.18. The van der Waals surface area contributed by atoms with Crippen molar-refractivity contribution < 1.29 is 22.8 Å². The number of hydrogen-bond donors (Lipinski definition) is 3. The number of carbonyl (C=O) groups is 2. The van der Waals surface area contributed by atoms with Crippen molar-refractivity contribution in [1.82, 2.24) is 4.98 Å². The van der Waals surface area contributed by atoms with Crippen molar-refractivity contribution in [2.75, 3.05) is 23.0 Å². The predicted molar refractivity (Wildman–Crippen MR) is 112 cm³/mol. The van der Waals surface area contributed by atoms with Crippen LogP contribution in [0, 0.1) is 6.92 Å². The molecule has 3 aromatic rings. The van der Waals surface area contributed by atoms with Crippen LogP contribution in [-0.2, 0) is 6.18 Å². The SMILES string of the molecule is CNc1cncc(NC(=O)c2cc(NC(=O)c3cccc(C(F)(F)F)c3)ccc2C)c1. The van der Waals surface area contributed by atoms with Crippen molar-refractivity contribution in [3.8, 4) is 0 Å². The molecule has 2 aromatic carbocycles. The van der Waals surface area contributed by atoms with Gasteiger partial charge in [0.25, 0.3) is 11.8 Å².